The summed E-state index contributed by atoms with van der Waals surface area (Å²) in [6.07, 6.45) is 4.74. The molecule has 96 valence electrons. The number of carbonyl (C=O) groups is 2. The van der Waals surface area contributed by atoms with Gasteiger partial charge in [-0.15, -0.1) is 0 Å². The first kappa shape index (κ1) is 14.1. The van der Waals surface area contributed by atoms with Gasteiger partial charge in [-0.1, -0.05) is 24.3 Å². The van der Waals surface area contributed by atoms with E-state index in [0.29, 0.717) is 12.2 Å². The van der Waals surface area contributed by atoms with E-state index in [4.69, 9.17) is 5.73 Å². The first-order valence-corrected chi connectivity index (χ1v) is 5.88. The molecule has 0 radical (unpaired) electrons. The van der Waals surface area contributed by atoms with Gasteiger partial charge in [0.1, 0.15) is 5.78 Å². The second kappa shape index (κ2) is 7.40. The minimum atomic E-state index is -0.283. The average Bonchev–Trinajstić information content (AvgIpc) is 2.30. The number of Topliss-reactive ketones (excluding diaryl/α,β-unsaturated/α-hetero) is 1. The summed E-state index contributed by atoms with van der Waals surface area (Å²) < 4.78 is 0. The first-order chi connectivity index (χ1) is 8.61. The second-order valence-electron chi connectivity index (χ2n) is 4.03. The fourth-order valence-corrected chi connectivity index (χ4v) is 1.42. The van der Waals surface area contributed by atoms with Crippen molar-refractivity contribution in [3.8, 4) is 0 Å². The highest BCUT2D eigenvalue weighted by molar-refractivity contribution is 6.03. The van der Waals surface area contributed by atoms with Crippen LogP contribution in [0.25, 0.3) is 6.08 Å². The molecule has 1 aromatic carbocycles. The van der Waals surface area contributed by atoms with Crippen LogP contribution in [0.3, 0.4) is 0 Å². The summed E-state index contributed by atoms with van der Waals surface area (Å²) in [5.41, 5.74) is 7.13. The summed E-state index contributed by atoms with van der Waals surface area (Å²) in [4.78, 5) is 22.1. The molecule has 4 heteroatoms. The molecule has 0 fully saturated rings. The molecule has 18 heavy (non-hydrogen) atoms. The number of benzene rings is 1. The van der Waals surface area contributed by atoms with Crippen LogP contribution in [0.1, 0.15) is 25.3 Å². The molecule has 0 aliphatic heterocycles. The van der Waals surface area contributed by atoms with Crippen molar-refractivity contribution in [1.82, 2.24) is 0 Å². The van der Waals surface area contributed by atoms with Gasteiger partial charge in [0.05, 0.1) is 6.42 Å². The molecule has 0 bridgehead atoms. The molecular formula is C14H18N2O2. The molecule has 0 saturated carbocycles. The Morgan fingerprint density at radius 3 is 2.50 bits per heavy atom. The summed E-state index contributed by atoms with van der Waals surface area (Å²) in [7, 11) is 0. The molecule has 4 nitrogen and oxygen atoms in total. The van der Waals surface area contributed by atoms with Crippen molar-refractivity contribution in [3.05, 3.63) is 35.9 Å². The average molecular weight is 246 g/mol. The monoisotopic (exact) mass is 246 g/mol. The van der Waals surface area contributed by atoms with Gasteiger partial charge in [-0.3, -0.25) is 9.59 Å². The number of anilines is 1. The summed E-state index contributed by atoms with van der Waals surface area (Å²) in [5, 5.41) is 2.66. The number of rotatable bonds is 6. The van der Waals surface area contributed by atoms with Crippen LogP contribution in [0.15, 0.2) is 30.3 Å². The Hall–Kier alpha value is -1.94. The van der Waals surface area contributed by atoms with Gasteiger partial charge in [0, 0.05) is 5.69 Å². The standard InChI is InChI=1S/C14H18N2O2/c1-11(17)10-14(18)16-13-7-5-12(6-8-13)4-2-3-9-15/h2,4-8H,3,9-10,15H2,1H3,(H,16,18). The van der Waals surface area contributed by atoms with E-state index >= 15 is 0 Å². The smallest absolute Gasteiger partial charge is 0.231 e. The SMILES string of the molecule is CC(=O)CC(=O)Nc1ccc(C=CCCN)cc1. The van der Waals surface area contributed by atoms with Crippen LogP contribution in [0.5, 0.6) is 0 Å². The number of nitrogens with two attached hydrogens (primary N) is 1. The maximum Gasteiger partial charge on any atom is 0.231 e. The van der Waals surface area contributed by atoms with Gasteiger partial charge in [0.2, 0.25) is 5.91 Å². The lowest BCUT2D eigenvalue weighted by atomic mass is 10.2. The van der Waals surface area contributed by atoms with Gasteiger partial charge in [-0.25, -0.2) is 0 Å². The van der Waals surface area contributed by atoms with Crippen LogP contribution in [0, 0.1) is 0 Å². The van der Waals surface area contributed by atoms with Crippen molar-refractivity contribution in [3.63, 3.8) is 0 Å². The Morgan fingerprint density at radius 2 is 1.94 bits per heavy atom. The van der Waals surface area contributed by atoms with Crippen LogP contribution < -0.4 is 11.1 Å². The Balaban J connectivity index is 2.54. The molecule has 0 heterocycles. The van der Waals surface area contributed by atoms with Gasteiger partial charge < -0.3 is 11.1 Å². The molecule has 3 N–H and O–H groups in total. The normalized spacial score (nSPS) is 10.6. The number of hydrogen-bond acceptors (Lipinski definition) is 3. The summed E-state index contributed by atoms with van der Waals surface area (Å²) in [6.45, 7) is 2.03. The van der Waals surface area contributed by atoms with E-state index in [2.05, 4.69) is 5.32 Å². The minimum Gasteiger partial charge on any atom is -0.330 e. The predicted molar refractivity (Wildman–Crippen MR) is 73.1 cm³/mol. The van der Waals surface area contributed by atoms with E-state index in [0.717, 1.165) is 12.0 Å². The van der Waals surface area contributed by atoms with E-state index in [1.807, 2.05) is 24.3 Å². The Labute approximate surface area is 107 Å². The van der Waals surface area contributed by atoms with E-state index in [9.17, 15) is 9.59 Å². The zero-order valence-electron chi connectivity index (χ0n) is 10.5. The third-order valence-electron chi connectivity index (χ3n) is 2.25. The van der Waals surface area contributed by atoms with E-state index in [-0.39, 0.29) is 18.1 Å². The maximum absolute atomic E-state index is 11.4. The lowest BCUT2D eigenvalue weighted by Crippen LogP contribution is -2.14. The van der Waals surface area contributed by atoms with Gasteiger partial charge in [0.15, 0.2) is 0 Å². The number of hydrogen-bond donors (Lipinski definition) is 2. The van der Waals surface area contributed by atoms with Crippen molar-refractivity contribution >= 4 is 23.5 Å². The molecule has 0 atom stereocenters. The summed E-state index contributed by atoms with van der Waals surface area (Å²) in [6, 6.07) is 7.41. The number of amides is 1. The molecule has 0 aromatic heterocycles. The number of ketones is 1. The molecule has 1 aromatic rings. The summed E-state index contributed by atoms with van der Waals surface area (Å²) >= 11 is 0. The molecule has 0 unspecified atom stereocenters. The Kier molecular flexibility index (Phi) is 5.80. The number of carbonyl (C=O) groups excluding carboxylic acids is 2. The lowest BCUT2D eigenvalue weighted by molar-refractivity contribution is -0.124. The van der Waals surface area contributed by atoms with Crippen LogP contribution in [0.4, 0.5) is 5.69 Å². The Morgan fingerprint density at radius 1 is 1.28 bits per heavy atom. The van der Waals surface area contributed by atoms with Crippen molar-refractivity contribution in [1.29, 1.82) is 0 Å². The molecule has 1 amide bonds. The fraction of sp³-hybridized carbons (Fsp3) is 0.286. The van der Waals surface area contributed by atoms with E-state index in [1.165, 1.54) is 6.92 Å². The topological polar surface area (TPSA) is 72.2 Å². The third kappa shape index (κ3) is 5.41. The predicted octanol–water partition coefficient (Wildman–Crippen LogP) is 1.97. The van der Waals surface area contributed by atoms with Crippen LogP contribution in [0.2, 0.25) is 0 Å². The van der Waals surface area contributed by atoms with E-state index in [1.54, 1.807) is 12.1 Å². The van der Waals surface area contributed by atoms with Gasteiger partial charge in [-0.05, 0) is 37.6 Å². The molecule has 0 aliphatic carbocycles. The highest BCUT2D eigenvalue weighted by Gasteiger charge is 2.04. The third-order valence-corrected chi connectivity index (χ3v) is 2.25. The van der Waals surface area contributed by atoms with Gasteiger partial charge in [0.25, 0.3) is 0 Å². The zero-order chi connectivity index (χ0) is 13.4. The Bertz CT molecular complexity index is 436. The molecule has 0 spiro atoms. The zero-order valence-corrected chi connectivity index (χ0v) is 10.5. The highest BCUT2D eigenvalue weighted by atomic mass is 16.2. The van der Waals surface area contributed by atoms with E-state index < -0.39 is 0 Å². The highest BCUT2D eigenvalue weighted by Crippen LogP contribution is 2.11. The van der Waals surface area contributed by atoms with Gasteiger partial charge >= 0.3 is 0 Å². The molecule has 0 aliphatic rings. The van der Waals surface area contributed by atoms with Crippen molar-refractivity contribution < 1.29 is 9.59 Å². The fourth-order valence-electron chi connectivity index (χ4n) is 1.42. The second-order valence-corrected chi connectivity index (χ2v) is 4.03. The summed E-state index contributed by atoms with van der Waals surface area (Å²) in [5.74, 6) is -0.428. The maximum atomic E-state index is 11.4. The lowest BCUT2D eigenvalue weighted by Gasteiger charge is -2.04. The number of nitrogens with one attached hydrogen (secondary N) is 1. The molecular weight excluding hydrogens is 228 g/mol. The van der Waals surface area contributed by atoms with Crippen LogP contribution in [-0.2, 0) is 9.59 Å². The van der Waals surface area contributed by atoms with Crippen LogP contribution in [-0.4, -0.2) is 18.2 Å². The molecule has 1 rings (SSSR count). The van der Waals surface area contributed by atoms with Crippen molar-refractivity contribution in [2.75, 3.05) is 11.9 Å². The molecule has 0 saturated heterocycles. The quantitative estimate of drug-likeness (QED) is 0.754. The minimum absolute atomic E-state index is 0.0852. The van der Waals surface area contributed by atoms with Gasteiger partial charge in [-0.2, -0.15) is 0 Å². The first-order valence-electron chi connectivity index (χ1n) is 5.88. The largest absolute Gasteiger partial charge is 0.330 e. The van der Waals surface area contributed by atoms with Crippen molar-refractivity contribution in [2.45, 2.75) is 19.8 Å². The van der Waals surface area contributed by atoms with Crippen LogP contribution >= 0.6 is 0 Å². The van der Waals surface area contributed by atoms with Crippen molar-refractivity contribution in [2.24, 2.45) is 5.73 Å².